The van der Waals surface area contributed by atoms with Crippen LogP contribution in [0.2, 0.25) is 0 Å². The van der Waals surface area contributed by atoms with Gasteiger partial charge in [-0.15, -0.1) is 0 Å². The van der Waals surface area contributed by atoms with Gasteiger partial charge in [-0.05, 0) is 57.0 Å². The number of hydrogen-bond acceptors (Lipinski definition) is 3. The van der Waals surface area contributed by atoms with Gasteiger partial charge in [0.1, 0.15) is 5.75 Å². The van der Waals surface area contributed by atoms with Gasteiger partial charge in [-0.25, -0.2) is 0 Å². The quantitative estimate of drug-likeness (QED) is 0.913. The summed E-state index contributed by atoms with van der Waals surface area (Å²) in [7, 11) is 1.88. The molecular weight excluding hydrogens is 252 g/mol. The second-order valence-corrected chi connectivity index (χ2v) is 5.54. The number of aryl methyl sites for hydroxylation is 2. The number of hydrogen-bond donors (Lipinski definition) is 1. The lowest BCUT2D eigenvalue weighted by Crippen LogP contribution is -2.45. The minimum absolute atomic E-state index is 0.0535. The summed E-state index contributed by atoms with van der Waals surface area (Å²) >= 11 is 0. The van der Waals surface area contributed by atoms with Crippen molar-refractivity contribution in [2.45, 2.75) is 32.7 Å². The van der Waals surface area contributed by atoms with Crippen LogP contribution in [0.5, 0.6) is 5.75 Å². The molecule has 0 bridgehead atoms. The highest BCUT2D eigenvalue weighted by Gasteiger charge is 2.22. The molecule has 1 fully saturated rings. The SMILES string of the molecule is Cc1ccc(C)c(OCC(=O)N(C)C2CCNCC2)c1. The zero-order valence-corrected chi connectivity index (χ0v) is 12.6. The lowest BCUT2D eigenvalue weighted by molar-refractivity contribution is -0.134. The standard InChI is InChI=1S/C16H24N2O2/c1-12-4-5-13(2)15(10-12)20-11-16(19)18(3)14-6-8-17-9-7-14/h4-5,10,14,17H,6-9,11H2,1-3H3. The molecule has 1 aliphatic heterocycles. The Morgan fingerprint density at radius 2 is 2.05 bits per heavy atom. The summed E-state index contributed by atoms with van der Waals surface area (Å²) in [6, 6.07) is 6.38. The van der Waals surface area contributed by atoms with E-state index >= 15 is 0 Å². The third-order valence-corrected chi connectivity index (χ3v) is 3.94. The predicted octanol–water partition coefficient (Wildman–Crippen LogP) is 1.89. The highest BCUT2D eigenvalue weighted by molar-refractivity contribution is 5.77. The normalized spacial score (nSPS) is 15.9. The average Bonchev–Trinajstić information content (AvgIpc) is 2.48. The lowest BCUT2D eigenvalue weighted by atomic mass is 10.1. The second kappa shape index (κ2) is 6.75. The fourth-order valence-electron chi connectivity index (χ4n) is 2.50. The van der Waals surface area contributed by atoms with Crippen LogP contribution < -0.4 is 10.1 Å². The van der Waals surface area contributed by atoms with Crippen molar-refractivity contribution in [3.8, 4) is 5.75 Å². The van der Waals surface area contributed by atoms with Gasteiger partial charge in [0.2, 0.25) is 0 Å². The van der Waals surface area contributed by atoms with Crippen LogP contribution >= 0.6 is 0 Å². The van der Waals surface area contributed by atoms with Gasteiger partial charge in [0.15, 0.2) is 6.61 Å². The number of piperidine rings is 1. The van der Waals surface area contributed by atoms with Gasteiger partial charge in [-0.3, -0.25) is 4.79 Å². The van der Waals surface area contributed by atoms with Gasteiger partial charge in [0.25, 0.3) is 5.91 Å². The van der Waals surface area contributed by atoms with Crippen molar-refractivity contribution in [2.24, 2.45) is 0 Å². The molecule has 2 rings (SSSR count). The first-order chi connectivity index (χ1) is 9.58. The minimum atomic E-state index is 0.0535. The molecule has 1 N–H and O–H groups in total. The number of amides is 1. The topological polar surface area (TPSA) is 41.6 Å². The molecule has 4 nitrogen and oxygen atoms in total. The molecule has 1 heterocycles. The smallest absolute Gasteiger partial charge is 0.260 e. The van der Waals surface area contributed by atoms with Crippen LogP contribution in [0.1, 0.15) is 24.0 Å². The van der Waals surface area contributed by atoms with E-state index in [1.165, 1.54) is 0 Å². The zero-order valence-electron chi connectivity index (χ0n) is 12.6. The fraction of sp³-hybridized carbons (Fsp3) is 0.562. The highest BCUT2D eigenvalue weighted by Crippen LogP contribution is 2.19. The number of likely N-dealkylation sites (N-methyl/N-ethyl adjacent to an activating group) is 1. The molecule has 1 aliphatic rings. The Bertz CT molecular complexity index is 468. The maximum absolute atomic E-state index is 12.2. The molecule has 1 aromatic rings. The third kappa shape index (κ3) is 3.73. The lowest BCUT2D eigenvalue weighted by Gasteiger charge is -2.31. The number of ether oxygens (including phenoxy) is 1. The molecule has 1 amide bonds. The Labute approximate surface area is 121 Å². The van der Waals surface area contributed by atoms with Crippen molar-refractivity contribution in [2.75, 3.05) is 26.7 Å². The maximum Gasteiger partial charge on any atom is 0.260 e. The Kier molecular flexibility index (Phi) is 5.01. The van der Waals surface area contributed by atoms with Crippen LogP contribution in [-0.2, 0) is 4.79 Å². The van der Waals surface area contributed by atoms with E-state index < -0.39 is 0 Å². The van der Waals surface area contributed by atoms with E-state index in [0.717, 1.165) is 42.8 Å². The summed E-state index contributed by atoms with van der Waals surface area (Å²) in [5, 5.41) is 3.31. The third-order valence-electron chi connectivity index (χ3n) is 3.94. The summed E-state index contributed by atoms with van der Waals surface area (Å²) in [6.07, 6.45) is 2.04. The largest absolute Gasteiger partial charge is 0.483 e. The van der Waals surface area contributed by atoms with E-state index in [-0.39, 0.29) is 12.5 Å². The van der Waals surface area contributed by atoms with Crippen LogP contribution in [0, 0.1) is 13.8 Å². The molecular formula is C16H24N2O2. The van der Waals surface area contributed by atoms with E-state index in [4.69, 9.17) is 4.74 Å². The van der Waals surface area contributed by atoms with Crippen molar-refractivity contribution in [1.82, 2.24) is 10.2 Å². The summed E-state index contributed by atoms with van der Waals surface area (Å²) in [5.74, 6) is 0.856. The molecule has 0 atom stereocenters. The van der Waals surface area contributed by atoms with Crippen LogP contribution in [0.4, 0.5) is 0 Å². The molecule has 0 radical (unpaired) electrons. The first-order valence-electron chi connectivity index (χ1n) is 7.24. The maximum atomic E-state index is 12.2. The van der Waals surface area contributed by atoms with Gasteiger partial charge < -0.3 is 15.0 Å². The Morgan fingerprint density at radius 1 is 1.35 bits per heavy atom. The molecule has 0 spiro atoms. The van der Waals surface area contributed by atoms with Gasteiger partial charge >= 0.3 is 0 Å². The number of carbonyl (C=O) groups excluding carboxylic acids is 1. The molecule has 1 aromatic carbocycles. The summed E-state index contributed by atoms with van der Waals surface area (Å²) in [6.45, 7) is 6.11. The van der Waals surface area contributed by atoms with Crippen molar-refractivity contribution < 1.29 is 9.53 Å². The monoisotopic (exact) mass is 276 g/mol. The zero-order chi connectivity index (χ0) is 14.5. The minimum Gasteiger partial charge on any atom is -0.483 e. The molecule has 0 aromatic heterocycles. The Morgan fingerprint density at radius 3 is 2.75 bits per heavy atom. The van der Waals surface area contributed by atoms with Gasteiger partial charge in [-0.1, -0.05) is 12.1 Å². The summed E-state index contributed by atoms with van der Waals surface area (Å²) in [4.78, 5) is 14.0. The molecule has 0 unspecified atom stereocenters. The van der Waals surface area contributed by atoms with E-state index in [0.29, 0.717) is 6.04 Å². The van der Waals surface area contributed by atoms with E-state index in [1.54, 1.807) is 0 Å². The number of rotatable bonds is 4. The Balaban J connectivity index is 1.89. The summed E-state index contributed by atoms with van der Waals surface area (Å²) < 4.78 is 5.68. The van der Waals surface area contributed by atoms with Crippen molar-refractivity contribution >= 4 is 5.91 Å². The van der Waals surface area contributed by atoms with Crippen molar-refractivity contribution in [3.05, 3.63) is 29.3 Å². The molecule has 110 valence electrons. The van der Waals surface area contributed by atoms with E-state index in [9.17, 15) is 4.79 Å². The second-order valence-electron chi connectivity index (χ2n) is 5.54. The first kappa shape index (κ1) is 14.9. The first-order valence-corrected chi connectivity index (χ1v) is 7.24. The van der Waals surface area contributed by atoms with Crippen LogP contribution in [0.25, 0.3) is 0 Å². The van der Waals surface area contributed by atoms with Gasteiger partial charge in [0.05, 0.1) is 0 Å². The molecule has 4 heteroatoms. The van der Waals surface area contributed by atoms with Crippen molar-refractivity contribution in [1.29, 1.82) is 0 Å². The number of carbonyl (C=O) groups is 1. The molecule has 0 saturated carbocycles. The predicted molar refractivity (Wildman–Crippen MR) is 80.1 cm³/mol. The van der Waals surface area contributed by atoms with E-state index in [2.05, 4.69) is 5.32 Å². The number of nitrogens with one attached hydrogen (secondary N) is 1. The average molecular weight is 276 g/mol. The number of benzene rings is 1. The van der Waals surface area contributed by atoms with E-state index in [1.807, 2.05) is 44.0 Å². The van der Waals surface area contributed by atoms with Gasteiger partial charge in [-0.2, -0.15) is 0 Å². The molecule has 20 heavy (non-hydrogen) atoms. The molecule has 0 aliphatic carbocycles. The van der Waals surface area contributed by atoms with Crippen LogP contribution in [0.3, 0.4) is 0 Å². The highest BCUT2D eigenvalue weighted by atomic mass is 16.5. The van der Waals surface area contributed by atoms with Crippen LogP contribution in [0.15, 0.2) is 18.2 Å². The van der Waals surface area contributed by atoms with Gasteiger partial charge in [0, 0.05) is 13.1 Å². The van der Waals surface area contributed by atoms with Crippen LogP contribution in [-0.4, -0.2) is 43.6 Å². The molecule has 1 saturated heterocycles. The fourth-order valence-corrected chi connectivity index (χ4v) is 2.50. The Hall–Kier alpha value is -1.55. The van der Waals surface area contributed by atoms with Crippen molar-refractivity contribution in [3.63, 3.8) is 0 Å². The number of nitrogens with zero attached hydrogens (tertiary/aromatic N) is 1. The summed E-state index contributed by atoms with van der Waals surface area (Å²) in [5.41, 5.74) is 2.21.